The second-order valence-electron chi connectivity index (χ2n) is 2.39. The van der Waals surface area contributed by atoms with Crippen molar-refractivity contribution < 1.29 is 30.3 Å². The normalized spacial score (nSPS) is 20.0. The van der Waals surface area contributed by atoms with Gasteiger partial charge in [-0.25, -0.2) is 0 Å². The van der Waals surface area contributed by atoms with Gasteiger partial charge in [0.15, 0.2) is 11.3 Å². The third-order valence-corrected chi connectivity index (χ3v) is 1.66. The van der Waals surface area contributed by atoms with Gasteiger partial charge in [0.2, 0.25) is 0 Å². The first-order chi connectivity index (χ1) is 5.91. The first-order valence-electron chi connectivity index (χ1n) is 3.32. The number of hydrogen-bond acceptors (Lipinski definition) is 6. The highest BCUT2D eigenvalue weighted by Gasteiger charge is 2.32. The van der Waals surface area contributed by atoms with E-state index in [1.807, 2.05) is 0 Å². The van der Waals surface area contributed by atoms with Crippen LogP contribution in [0.4, 0.5) is 0 Å². The summed E-state index contributed by atoms with van der Waals surface area (Å²) in [4.78, 5) is 9.95. The molecule has 0 spiro atoms. The molecule has 0 bridgehead atoms. The minimum absolute atomic E-state index is 0.0129. The Morgan fingerprint density at radius 1 is 1.15 bits per heavy atom. The van der Waals surface area contributed by atoms with E-state index < -0.39 is 29.5 Å². The van der Waals surface area contributed by atoms with Gasteiger partial charge in [-0.15, -0.1) is 0 Å². The average molecular weight is 210 g/mol. The predicted molar refractivity (Wildman–Crippen MR) is 45.3 cm³/mol. The van der Waals surface area contributed by atoms with Crippen LogP contribution in [0, 0.1) is 0 Å². The fourth-order valence-electron chi connectivity index (χ4n) is 0.615. The summed E-state index contributed by atoms with van der Waals surface area (Å²) in [5, 5.41) is 43.1. The molecular weight excluding hydrogens is 200 g/mol. The summed E-state index contributed by atoms with van der Waals surface area (Å²) >= 11 is 4.10. The van der Waals surface area contributed by atoms with Gasteiger partial charge in [0.1, 0.15) is 24.4 Å². The van der Waals surface area contributed by atoms with Gasteiger partial charge in [-0.2, -0.15) is 0 Å². The van der Waals surface area contributed by atoms with Gasteiger partial charge in [-0.1, -0.05) is 0 Å². The molecule has 0 fully saturated rings. The Hall–Kier alpha value is -0.600. The standard InChI is InChI=1S/C6H10O6S/c7-1-2(8)3(9)4(10)5(11)6(12)13/h1-5,8-11H,(H,12,13)/t2-,3-,4-,5-/m0/s1. The average Bonchev–Trinajstić information content (AvgIpc) is 2.12. The Morgan fingerprint density at radius 3 is 1.92 bits per heavy atom. The summed E-state index contributed by atoms with van der Waals surface area (Å²) in [6.07, 6.45) is -7.52. The molecule has 6 nitrogen and oxygen atoms in total. The van der Waals surface area contributed by atoms with Crippen molar-refractivity contribution in [3.8, 4) is 0 Å². The van der Waals surface area contributed by atoms with E-state index >= 15 is 0 Å². The lowest BCUT2D eigenvalue weighted by molar-refractivity contribution is -0.130. The van der Waals surface area contributed by atoms with Gasteiger partial charge in [-0.05, 0) is 12.2 Å². The molecule has 0 unspecified atom stereocenters. The third kappa shape index (κ3) is 3.33. The number of rotatable bonds is 5. The summed E-state index contributed by atoms with van der Waals surface area (Å²) < 4.78 is 0. The molecule has 5 N–H and O–H groups in total. The predicted octanol–water partition coefficient (Wildman–Crippen LogP) is -2.49. The highest BCUT2D eigenvalue weighted by molar-refractivity contribution is 7.80. The van der Waals surface area contributed by atoms with Crippen LogP contribution in [0.2, 0.25) is 0 Å². The lowest BCUT2D eigenvalue weighted by atomic mass is 10.0. The SMILES string of the molecule is O=C[C@H](O)[C@H](O)[C@H](O)[C@H](O)C(O)=S. The lowest BCUT2D eigenvalue weighted by Gasteiger charge is -2.22. The van der Waals surface area contributed by atoms with Crippen LogP contribution in [0.25, 0.3) is 0 Å². The number of aliphatic hydroxyl groups excluding tert-OH is 5. The smallest absolute Gasteiger partial charge is 0.188 e. The molecule has 0 aromatic carbocycles. The highest BCUT2D eigenvalue weighted by atomic mass is 32.1. The van der Waals surface area contributed by atoms with E-state index in [-0.39, 0.29) is 6.29 Å². The molecule has 0 heterocycles. The zero-order valence-corrected chi connectivity index (χ0v) is 7.26. The second-order valence-corrected chi connectivity index (χ2v) is 2.81. The summed E-state index contributed by atoms with van der Waals surface area (Å²) in [6.45, 7) is 0. The molecule has 0 aliphatic carbocycles. The van der Waals surface area contributed by atoms with Gasteiger partial charge < -0.3 is 30.3 Å². The van der Waals surface area contributed by atoms with Crippen molar-refractivity contribution >= 4 is 23.6 Å². The summed E-state index contributed by atoms with van der Waals surface area (Å²) in [7, 11) is 0. The van der Waals surface area contributed by atoms with E-state index in [1.165, 1.54) is 0 Å². The quantitative estimate of drug-likeness (QED) is 0.252. The van der Waals surface area contributed by atoms with Crippen LogP contribution in [-0.2, 0) is 4.79 Å². The minimum atomic E-state index is -1.90. The van der Waals surface area contributed by atoms with Crippen molar-refractivity contribution in [3.63, 3.8) is 0 Å². The lowest BCUT2D eigenvalue weighted by Crippen LogP contribution is -2.47. The molecule has 0 aliphatic rings. The van der Waals surface area contributed by atoms with E-state index in [9.17, 15) is 4.79 Å². The molecule has 7 heteroatoms. The Morgan fingerprint density at radius 2 is 1.62 bits per heavy atom. The number of hydrogen-bond donors (Lipinski definition) is 5. The van der Waals surface area contributed by atoms with Gasteiger partial charge in [0.25, 0.3) is 0 Å². The van der Waals surface area contributed by atoms with Crippen molar-refractivity contribution in [2.45, 2.75) is 24.4 Å². The zero-order chi connectivity index (χ0) is 10.6. The Balaban J connectivity index is 4.32. The number of thiocarbonyl (C=S) groups is 1. The van der Waals surface area contributed by atoms with Crippen LogP contribution >= 0.6 is 12.2 Å². The second kappa shape index (κ2) is 5.20. The molecule has 0 radical (unpaired) electrons. The van der Waals surface area contributed by atoms with E-state index in [1.54, 1.807) is 0 Å². The van der Waals surface area contributed by atoms with E-state index in [0.29, 0.717) is 0 Å². The van der Waals surface area contributed by atoms with Crippen LogP contribution < -0.4 is 0 Å². The monoisotopic (exact) mass is 210 g/mol. The fourth-order valence-corrected chi connectivity index (χ4v) is 0.755. The van der Waals surface area contributed by atoms with Crippen LogP contribution in [0.3, 0.4) is 0 Å². The maximum atomic E-state index is 9.95. The molecule has 76 valence electrons. The number of aldehydes is 1. The largest absolute Gasteiger partial charge is 0.500 e. The fraction of sp³-hybridized carbons (Fsp3) is 0.667. The Labute approximate surface area is 79.1 Å². The Kier molecular flexibility index (Phi) is 4.96. The van der Waals surface area contributed by atoms with Crippen molar-refractivity contribution in [1.29, 1.82) is 0 Å². The van der Waals surface area contributed by atoms with Gasteiger partial charge in [0.05, 0.1) is 0 Å². The van der Waals surface area contributed by atoms with Crippen molar-refractivity contribution in [2.24, 2.45) is 0 Å². The van der Waals surface area contributed by atoms with Crippen molar-refractivity contribution in [3.05, 3.63) is 0 Å². The number of aliphatic hydroxyl groups is 5. The molecule has 0 saturated carbocycles. The highest BCUT2D eigenvalue weighted by Crippen LogP contribution is 2.04. The molecule has 4 atom stereocenters. The molecular formula is C6H10O6S. The van der Waals surface area contributed by atoms with E-state index in [0.717, 1.165) is 0 Å². The van der Waals surface area contributed by atoms with Crippen LogP contribution in [0.5, 0.6) is 0 Å². The van der Waals surface area contributed by atoms with Gasteiger partial charge >= 0.3 is 0 Å². The first kappa shape index (κ1) is 12.4. The van der Waals surface area contributed by atoms with Crippen molar-refractivity contribution in [2.75, 3.05) is 0 Å². The maximum absolute atomic E-state index is 9.95. The maximum Gasteiger partial charge on any atom is 0.188 e. The zero-order valence-electron chi connectivity index (χ0n) is 6.44. The van der Waals surface area contributed by atoms with E-state index in [2.05, 4.69) is 12.2 Å². The molecule has 0 aromatic rings. The topological polar surface area (TPSA) is 118 Å². The van der Waals surface area contributed by atoms with Crippen molar-refractivity contribution in [1.82, 2.24) is 0 Å². The molecule has 0 rings (SSSR count). The first-order valence-corrected chi connectivity index (χ1v) is 3.73. The number of carbonyl (C=O) groups is 1. The van der Waals surface area contributed by atoms with Crippen LogP contribution in [0.15, 0.2) is 0 Å². The van der Waals surface area contributed by atoms with Crippen LogP contribution in [-0.4, -0.2) is 61.3 Å². The molecule has 13 heavy (non-hydrogen) atoms. The molecule has 0 saturated heterocycles. The third-order valence-electron chi connectivity index (χ3n) is 1.42. The molecule has 0 aliphatic heterocycles. The summed E-state index contributed by atoms with van der Waals surface area (Å²) in [5.74, 6) is 0. The summed E-state index contributed by atoms with van der Waals surface area (Å²) in [5.41, 5.74) is 0. The summed E-state index contributed by atoms with van der Waals surface area (Å²) in [6, 6.07) is 0. The van der Waals surface area contributed by atoms with Gasteiger partial charge in [0, 0.05) is 0 Å². The number of carbonyl (C=O) groups excluding carboxylic acids is 1. The Bertz CT molecular complexity index is 196. The molecule has 0 aromatic heterocycles. The molecule has 0 amide bonds. The minimum Gasteiger partial charge on any atom is -0.500 e. The van der Waals surface area contributed by atoms with Gasteiger partial charge in [-0.3, -0.25) is 0 Å². The van der Waals surface area contributed by atoms with E-state index in [4.69, 9.17) is 25.5 Å². The van der Waals surface area contributed by atoms with Crippen LogP contribution in [0.1, 0.15) is 0 Å².